The van der Waals surface area contributed by atoms with Gasteiger partial charge in [-0.15, -0.1) is 0 Å². The molecule has 0 radical (unpaired) electrons. The molecule has 1 rings (SSSR count). The highest BCUT2D eigenvalue weighted by Gasteiger charge is 2.42. The molecule has 58 valence electrons. The first-order valence-electron chi connectivity index (χ1n) is 3.12. The van der Waals surface area contributed by atoms with Crippen molar-refractivity contribution in [2.45, 2.75) is 18.5 Å². The number of hydrogen-bond donors (Lipinski definition) is 3. The lowest BCUT2D eigenvalue weighted by Gasteiger charge is -2.25. The van der Waals surface area contributed by atoms with Gasteiger partial charge in [0.05, 0.1) is 0 Å². The Morgan fingerprint density at radius 1 is 1.70 bits per heavy atom. The standard InChI is InChI=1S/C5H11N3O2/c6-5(4(9)10)2-1-3-8(5)7/h1-3,6-7H2,(H,9,10). The van der Waals surface area contributed by atoms with Gasteiger partial charge in [0.25, 0.3) is 0 Å². The van der Waals surface area contributed by atoms with E-state index in [9.17, 15) is 4.79 Å². The van der Waals surface area contributed by atoms with Crippen LogP contribution in [0, 0.1) is 0 Å². The van der Waals surface area contributed by atoms with Crippen LogP contribution in [0.25, 0.3) is 0 Å². The molecule has 1 unspecified atom stereocenters. The zero-order chi connectivity index (χ0) is 7.78. The maximum Gasteiger partial charge on any atom is 0.340 e. The predicted molar refractivity (Wildman–Crippen MR) is 34.7 cm³/mol. The summed E-state index contributed by atoms with van der Waals surface area (Å²) in [5.74, 6) is 4.29. The third-order valence-electron chi connectivity index (χ3n) is 1.84. The second-order valence-corrected chi connectivity index (χ2v) is 2.53. The van der Waals surface area contributed by atoms with Crippen LogP contribution in [-0.4, -0.2) is 28.3 Å². The highest BCUT2D eigenvalue weighted by molar-refractivity contribution is 5.78. The van der Waals surface area contributed by atoms with Crippen LogP contribution < -0.4 is 11.6 Å². The van der Waals surface area contributed by atoms with Gasteiger partial charge in [-0.3, -0.25) is 5.84 Å². The molecule has 1 aliphatic heterocycles. The lowest BCUT2D eigenvalue weighted by molar-refractivity contribution is -0.149. The van der Waals surface area contributed by atoms with Crippen molar-refractivity contribution in [3.05, 3.63) is 0 Å². The van der Waals surface area contributed by atoms with Crippen molar-refractivity contribution < 1.29 is 9.90 Å². The maximum absolute atomic E-state index is 10.5. The highest BCUT2D eigenvalue weighted by atomic mass is 16.4. The van der Waals surface area contributed by atoms with Crippen LogP contribution in [0.15, 0.2) is 0 Å². The van der Waals surface area contributed by atoms with Gasteiger partial charge in [-0.25, -0.2) is 9.80 Å². The summed E-state index contributed by atoms with van der Waals surface area (Å²) in [5.41, 5.74) is 4.13. The fraction of sp³-hybridized carbons (Fsp3) is 0.800. The summed E-state index contributed by atoms with van der Waals surface area (Å²) in [6, 6.07) is 0. The Morgan fingerprint density at radius 2 is 2.30 bits per heavy atom. The van der Waals surface area contributed by atoms with Crippen LogP contribution in [0.5, 0.6) is 0 Å². The molecule has 1 aliphatic rings. The molecule has 5 heteroatoms. The number of carboxylic acid groups (broad SMARTS) is 1. The molecule has 0 aromatic carbocycles. The third kappa shape index (κ3) is 0.880. The minimum absolute atomic E-state index is 0.429. The van der Waals surface area contributed by atoms with Gasteiger partial charge in [-0.1, -0.05) is 0 Å². The summed E-state index contributed by atoms with van der Waals surface area (Å²) < 4.78 is 0. The van der Waals surface area contributed by atoms with Crippen LogP contribution in [0.4, 0.5) is 0 Å². The summed E-state index contributed by atoms with van der Waals surface area (Å²) in [4.78, 5) is 10.5. The van der Waals surface area contributed by atoms with Gasteiger partial charge in [0.2, 0.25) is 0 Å². The monoisotopic (exact) mass is 145 g/mol. The Morgan fingerprint density at radius 3 is 2.50 bits per heavy atom. The zero-order valence-corrected chi connectivity index (χ0v) is 5.58. The second-order valence-electron chi connectivity index (χ2n) is 2.53. The van der Waals surface area contributed by atoms with Gasteiger partial charge in [-0.05, 0) is 12.8 Å². The van der Waals surface area contributed by atoms with Gasteiger partial charge in [-0.2, -0.15) is 0 Å². The Hall–Kier alpha value is -0.650. The third-order valence-corrected chi connectivity index (χ3v) is 1.84. The smallest absolute Gasteiger partial charge is 0.340 e. The molecule has 0 spiro atoms. The second kappa shape index (κ2) is 2.19. The maximum atomic E-state index is 10.5. The minimum Gasteiger partial charge on any atom is -0.479 e. The largest absolute Gasteiger partial charge is 0.479 e. The average Bonchev–Trinajstić information content (AvgIpc) is 2.15. The van der Waals surface area contributed by atoms with Crippen molar-refractivity contribution in [1.29, 1.82) is 0 Å². The Balaban J connectivity index is 2.75. The number of hydrazine groups is 1. The average molecular weight is 145 g/mol. The van der Waals surface area contributed by atoms with Gasteiger partial charge in [0.1, 0.15) is 0 Å². The van der Waals surface area contributed by atoms with Crippen LogP contribution in [0.2, 0.25) is 0 Å². The van der Waals surface area contributed by atoms with Gasteiger partial charge in [0.15, 0.2) is 5.66 Å². The quantitative estimate of drug-likeness (QED) is 0.398. The highest BCUT2D eigenvalue weighted by Crippen LogP contribution is 2.20. The molecule has 10 heavy (non-hydrogen) atoms. The van der Waals surface area contributed by atoms with Crippen molar-refractivity contribution >= 4 is 5.97 Å². The molecule has 1 fully saturated rings. The summed E-state index contributed by atoms with van der Waals surface area (Å²) in [6.45, 7) is 0.558. The van der Waals surface area contributed by atoms with E-state index in [1.807, 2.05) is 0 Å². The molecule has 1 heterocycles. The SMILES string of the molecule is NN1CCCC1(N)C(=O)O. The van der Waals surface area contributed by atoms with Gasteiger partial charge >= 0.3 is 5.97 Å². The van der Waals surface area contributed by atoms with Crippen LogP contribution in [0.3, 0.4) is 0 Å². The molecule has 5 nitrogen and oxygen atoms in total. The lowest BCUT2D eigenvalue weighted by atomic mass is 10.1. The Labute approximate surface area is 58.6 Å². The molecule has 0 saturated carbocycles. The fourth-order valence-corrected chi connectivity index (χ4v) is 1.09. The Bertz CT molecular complexity index is 161. The van der Waals surface area contributed by atoms with Crippen LogP contribution in [-0.2, 0) is 4.79 Å². The number of rotatable bonds is 1. The van der Waals surface area contributed by atoms with Crippen LogP contribution in [0.1, 0.15) is 12.8 Å². The molecule has 1 saturated heterocycles. The summed E-state index contributed by atoms with van der Waals surface area (Å²) >= 11 is 0. The van der Waals surface area contributed by atoms with E-state index in [0.717, 1.165) is 6.42 Å². The first-order chi connectivity index (χ1) is 4.57. The molecule has 0 aromatic rings. The van der Waals surface area contributed by atoms with Crippen molar-refractivity contribution in [2.24, 2.45) is 11.6 Å². The number of carbonyl (C=O) groups is 1. The molecule has 0 amide bonds. The van der Waals surface area contributed by atoms with Crippen LogP contribution >= 0.6 is 0 Å². The van der Waals surface area contributed by atoms with E-state index in [2.05, 4.69) is 0 Å². The van der Waals surface area contributed by atoms with Gasteiger partial charge in [0, 0.05) is 6.54 Å². The van der Waals surface area contributed by atoms with Crippen molar-refractivity contribution in [2.75, 3.05) is 6.54 Å². The lowest BCUT2D eigenvalue weighted by Crippen LogP contribution is -2.60. The first-order valence-corrected chi connectivity index (χ1v) is 3.12. The molecular formula is C5H11N3O2. The number of aliphatic carboxylic acids is 1. The summed E-state index contributed by atoms with van der Waals surface area (Å²) in [5, 5.41) is 9.77. The van der Waals surface area contributed by atoms with E-state index >= 15 is 0 Å². The molecule has 0 bridgehead atoms. The normalized spacial score (nSPS) is 34.6. The van der Waals surface area contributed by atoms with E-state index in [4.69, 9.17) is 16.7 Å². The van der Waals surface area contributed by atoms with E-state index < -0.39 is 11.6 Å². The molecule has 0 aromatic heterocycles. The number of hydrogen-bond acceptors (Lipinski definition) is 4. The summed E-state index contributed by atoms with van der Waals surface area (Å²) in [6.07, 6.45) is 1.18. The predicted octanol–water partition coefficient (Wildman–Crippen LogP) is -1.30. The number of nitrogens with two attached hydrogens (primary N) is 2. The fourth-order valence-electron chi connectivity index (χ4n) is 1.09. The molecule has 5 N–H and O–H groups in total. The van der Waals surface area contributed by atoms with Crippen molar-refractivity contribution in [3.8, 4) is 0 Å². The number of nitrogens with zero attached hydrogens (tertiary/aromatic N) is 1. The van der Waals surface area contributed by atoms with E-state index in [1.165, 1.54) is 5.01 Å². The van der Waals surface area contributed by atoms with E-state index in [-0.39, 0.29) is 0 Å². The van der Waals surface area contributed by atoms with Crippen molar-refractivity contribution in [1.82, 2.24) is 5.01 Å². The number of carboxylic acids is 1. The minimum atomic E-state index is -1.32. The molecule has 1 atom stereocenters. The zero-order valence-electron chi connectivity index (χ0n) is 5.58. The molecular weight excluding hydrogens is 134 g/mol. The molecule has 0 aliphatic carbocycles. The van der Waals surface area contributed by atoms with Crippen molar-refractivity contribution in [3.63, 3.8) is 0 Å². The topological polar surface area (TPSA) is 92.6 Å². The Kier molecular flexibility index (Phi) is 1.63. The first kappa shape index (κ1) is 7.46. The van der Waals surface area contributed by atoms with E-state index in [0.29, 0.717) is 13.0 Å². The van der Waals surface area contributed by atoms with E-state index in [1.54, 1.807) is 0 Å². The summed E-state index contributed by atoms with van der Waals surface area (Å²) in [7, 11) is 0. The van der Waals surface area contributed by atoms with Gasteiger partial charge < -0.3 is 10.8 Å².